The van der Waals surface area contributed by atoms with Gasteiger partial charge in [-0.3, -0.25) is 4.79 Å². The smallest absolute Gasteiger partial charge is 0.278 e. The van der Waals surface area contributed by atoms with Crippen LogP contribution < -0.4 is 10.2 Å². The molecule has 1 aromatic heterocycles. The minimum absolute atomic E-state index is 0.233. The molecule has 1 amide bonds. The molecule has 0 aliphatic heterocycles. The van der Waals surface area contributed by atoms with Gasteiger partial charge in [-0.05, 0) is 36.4 Å². The van der Waals surface area contributed by atoms with Gasteiger partial charge in [0, 0.05) is 18.4 Å². The highest BCUT2D eigenvalue weighted by atomic mass is 16.2. The number of carbonyl (C=O) groups is 1. The minimum Gasteiger partial charge on any atom is -0.339 e. The molecule has 3 aromatic rings. The second kappa shape index (κ2) is 7.23. The predicted molar refractivity (Wildman–Crippen MR) is 95.6 cm³/mol. The Bertz CT molecular complexity index is 899. The third-order valence-corrected chi connectivity index (χ3v) is 3.61. The van der Waals surface area contributed by atoms with Crippen molar-refractivity contribution in [1.82, 2.24) is 9.97 Å². The van der Waals surface area contributed by atoms with Crippen molar-refractivity contribution in [3.63, 3.8) is 0 Å². The van der Waals surface area contributed by atoms with Gasteiger partial charge in [-0.25, -0.2) is 9.97 Å². The van der Waals surface area contributed by atoms with Crippen molar-refractivity contribution in [2.24, 2.45) is 0 Å². The fourth-order valence-electron chi connectivity index (χ4n) is 2.22. The molecule has 0 saturated carbocycles. The topological polar surface area (TPSA) is 81.9 Å². The molecule has 0 aliphatic rings. The molecule has 6 nitrogen and oxygen atoms in total. The van der Waals surface area contributed by atoms with E-state index in [0.717, 1.165) is 11.4 Å². The summed E-state index contributed by atoms with van der Waals surface area (Å²) in [6, 6.07) is 18.4. The SMILES string of the molecule is CN(C(=O)c1cnc(Nc2ccc(C#N)cc2)cn1)c1ccccc1. The number of nitriles is 1. The number of nitrogens with one attached hydrogen (secondary N) is 1. The van der Waals surface area contributed by atoms with Crippen molar-refractivity contribution in [1.29, 1.82) is 5.26 Å². The van der Waals surface area contributed by atoms with Crippen LogP contribution in [0.2, 0.25) is 0 Å². The van der Waals surface area contributed by atoms with Crippen molar-refractivity contribution in [2.45, 2.75) is 0 Å². The lowest BCUT2D eigenvalue weighted by atomic mass is 10.2. The van der Waals surface area contributed by atoms with Crippen molar-refractivity contribution < 1.29 is 4.79 Å². The molecule has 0 atom stereocenters. The van der Waals surface area contributed by atoms with Crippen LogP contribution >= 0.6 is 0 Å². The van der Waals surface area contributed by atoms with Crippen LogP contribution in [-0.4, -0.2) is 22.9 Å². The molecule has 0 aliphatic carbocycles. The van der Waals surface area contributed by atoms with Crippen molar-refractivity contribution >= 4 is 23.1 Å². The number of amides is 1. The van der Waals surface area contributed by atoms with Crippen LogP contribution in [0.4, 0.5) is 17.2 Å². The van der Waals surface area contributed by atoms with Gasteiger partial charge < -0.3 is 10.2 Å². The van der Waals surface area contributed by atoms with Crippen LogP contribution in [0.25, 0.3) is 0 Å². The zero-order valence-electron chi connectivity index (χ0n) is 13.5. The highest BCUT2D eigenvalue weighted by molar-refractivity contribution is 6.04. The molecule has 3 rings (SSSR count). The van der Waals surface area contributed by atoms with Gasteiger partial charge >= 0.3 is 0 Å². The Labute approximate surface area is 145 Å². The normalized spacial score (nSPS) is 9.92. The molecule has 0 saturated heterocycles. The molecule has 6 heteroatoms. The molecule has 0 fully saturated rings. The first-order chi connectivity index (χ1) is 12.2. The van der Waals surface area contributed by atoms with E-state index in [1.54, 1.807) is 31.3 Å². The third kappa shape index (κ3) is 3.79. The molecule has 0 bridgehead atoms. The summed E-state index contributed by atoms with van der Waals surface area (Å²) in [6.07, 6.45) is 2.94. The Kier molecular flexibility index (Phi) is 4.67. The highest BCUT2D eigenvalue weighted by Gasteiger charge is 2.15. The van der Waals surface area contributed by atoms with Crippen LogP contribution in [0.5, 0.6) is 0 Å². The number of carbonyl (C=O) groups excluding carboxylic acids is 1. The van der Waals surface area contributed by atoms with Crippen LogP contribution in [0.15, 0.2) is 67.0 Å². The van der Waals surface area contributed by atoms with Crippen LogP contribution in [0, 0.1) is 11.3 Å². The van der Waals surface area contributed by atoms with Crippen LogP contribution in [0.1, 0.15) is 16.1 Å². The van der Waals surface area contributed by atoms with Gasteiger partial charge in [-0.15, -0.1) is 0 Å². The molecule has 1 N–H and O–H groups in total. The van der Waals surface area contributed by atoms with E-state index >= 15 is 0 Å². The van der Waals surface area contributed by atoms with Gasteiger partial charge in [0.2, 0.25) is 0 Å². The lowest BCUT2D eigenvalue weighted by Crippen LogP contribution is -2.27. The Morgan fingerprint density at radius 3 is 2.36 bits per heavy atom. The van der Waals surface area contributed by atoms with Gasteiger partial charge in [0.15, 0.2) is 0 Å². The van der Waals surface area contributed by atoms with E-state index in [-0.39, 0.29) is 11.6 Å². The van der Waals surface area contributed by atoms with Gasteiger partial charge in [-0.1, -0.05) is 18.2 Å². The first kappa shape index (κ1) is 16.1. The maximum atomic E-state index is 12.5. The molecule has 0 radical (unpaired) electrons. The summed E-state index contributed by atoms with van der Waals surface area (Å²) in [7, 11) is 1.70. The van der Waals surface area contributed by atoms with Crippen LogP contribution in [-0.2, 0) is 0 Å². The number of rotatable bonds is 4. The second-order valence-electron chi connectivity index (χ2n) is 5.30. The van der Waals surface area contributed by atoms with E-state index in [1.807, 2.05) is 30.3 Å². The lowest BCUT2D eigenvalue weighted by molar-refractivity contribution is 0.0988. The molecular formula is C19H15N5O. The lowest BCUT2D eigenvalue weighted by Gasteiger charge is -2.16. The monoisotopic (exact) mass is 329 g/mol. The highest BCUT2D eigenvalue weighted by Crippen LogP contribution is 2.16. The van der Waals surface area contributed by atoms with Gasteiger partial charge in [0.05, 0.1) is 24.0 Å². The molecule has 1 heterocycles. The number of aromatic nitrogens is 2. The summed E-state index contributed by atoms with van der Waals surface area (Å²) < 4.78 is 0. The zero-order chi connectivity index (χ0) is 17.6. The summed E-state index contributed by atoms with van der Waals surface area (Å²) in [4.78, 5) is 22.4. The standard InChI is InChI=1S/C19H15N5O/c1-24(16-5-3-2-4-6-16)19(25)17-12-22-18(13-21-17)23-15-9-7-14(11-20)8-10-15/h2-10,12-13H,1H3,(H,22,23). The van der Waals surface area contributed by atoms with Crippen molar-refractivity contribution in [3.05, 3.63) is 78.2 Å². The number of benzene rings is 2. The molecule has 122 valence electrons. The summed E-state index contributed by atoms with van der Waals surface area (Å²) >= 11 is 0. The first-order valence-corrected chi connectivity index (χ1v) is 7.60. The summed E-state index contributed by atoms with van der Waals surface area (Å²) in [5.74, 6) is 0.284. The van der Waals surface area contributed by atoms with E-state index in [1.165, 1.54) is 17.3 Å². The predicted octanol–water partition coefficient (Wildman–Crippen LogP) is 3.37. The van der Waals surface area contributed by atoms with E-state index in [4.69, 9.17) is 5.26 Å². The van der Waals surface area contributed by atoms with Crippen molar-refractivity contribution in [3.8, 4) is 6.07 Å². The molecule has 0 spiro atoms. The minimum atomic E-state index is -0.233. The molecular weight excluding hydrogens is 314 g/mol. The Morgan fingerprint density at radius 2 is 1.76 bits per heavy atom. The van der Waals surface area contributed by atoms with Gasteiger partial charge in [-0.2, -0.15) is 5.26 Å². The summed E-state index contributed by atoms with van der Waals surface area (Å²) in [6.45, 7) is 0. The molecule has 0 unspecified atom stereocenters. The second-order valence-corrected chi connectivity index (χ2v) is 5.30. The number of hydrogen-bond donors (Lipinski definition) is 1. The largest absolute Gasteiger partial charge is 0.339 e. The van der Waals surface area contributed by atoms with E-state index in [9.17, 15) is 4.79 Å². The van der Waals surface area contributed by atoms with Crippen molar-refractivity contribution in [2.75, 3.05) is 17.3 Å². The average molecular weight is 329 g/mol. The Balaban J connectivity index is 1.71. The maximum absolute atomic E-state index is 12.5. The average Bonchev–Trinajstić information content (AvgIpc) is 2.69. The maximum Gasteiger partial charge on any atom is 0.278 e. The van der Waals surface area contributed by atoms with Gasteiger partial charge in [0.25, 0.3) is 5.91 Å². The zero-order valence-corrected chi connectivity index (χ0v) is 13.5. The number of para-hydroxylation sites is 1. The fourth-order valence-corrected chi connectivity index (χ4v) is 2.22. The summed E-state index contributed by atoms with van der Waals surface area (Å²) in [5, 5.41) is 11.9. The number of hydrogen-bond acceptors (Lipinski definition) is 5. The number of nitrogens with zero attached hydrogens (tertiary/aromatic N) is 4. The molecule has 25 heavy (non-hydrogen) atoms. The first-order valence-electron chi connectivity index (χ1n) is 7.60. The number of anilines is 3. The molecule has 2 aromatic carbocycles. The quantitative estimate of drug-likeness (QED) is 0.793. The third-order valence-electron chi connectivity index (χ3n) is 3.61. The van der Waals surface area contributed by atoms with E-state index in [0.29, 0.717) is 11.4 Å². The Hall–Kier alpha value is -3.72. The fraction of sp³-hybridized carbons (Fsp3) is 0.0526. The van der Waals surface area contributed by atoms with E-state index < -0.39 is 0 Å². The van der Waals surface area contributed by atoms with E-state index in [2.05, 4.69) is 21.4 Å². The Morgan fingerprint density at radius 1 is 1.04 bits per heavy atom. The summed E-state index contributed by atoms with van der Waals surface area (Å²) in [5.41, 5.74) is 2.42. The van der Waals surface area contributed by atoms with Gasteiger partial charge in [0.1, 0.15) is 11.5 Å². The van der Waals surface area contributed by atoms with Crippen LogP contribution in [0.3, 0.4) is 0 Å².